The van der Waals surface area contributed by atoms with Crippen LogP contribution in [0.3, 0.4) is 0 Å². The van der Waals surface area contributed by atoms with Crippen LogP contribution in [0.1, 0.15) is 31.2 Å². The van der Waals surface area contributed by atoms with Crippen molar-refractivity contribution >= 4 is 16.0 Å². The number of ether oxygens (including phenoxy) is 1. The van der Waals surface area contributed by atoms with Gasteiger partial charge in [-0.05, 0) is 20.3 Å². The second-order valence-corrected chi connectivity index (χ2v) is 5.80. The summed E-state index contributed by atoms with van der Waals surface area (Å²) in [7, 11) is -3.46. The van der Waals surface area contributed by atoms with Crippen molar-refractivity contribution in [3.8, 4) is 0 Å². The van der Waals surface area contributed by atoms with E-state index in [1.807, 2.05) is 0 Å². The summed E-state index contributed by atoms with van der Waals surface area (Å²) in [6.07, 6.45) is 0.593. The van der Waals surface area contributed by atoms with Gasteiger partial charge in [-0.1, -0.05) is 5.16 Å². The lowest BCUT2D eigenvalue weighted by molar-refractivity contribution is -0.143. The highest BCUT2D eigenvalue weighted by molar-refractivity contribution is 7.88. The minimum atomic E-state index is -3.46. The fourth-order valence-electron chi connectivity index (χ4n) is 1.43. The average molecular weight is 290 g/mol. The SMILES string of the molecule is CCOC(=O)CCCNS(=O)(=O)Cc1cc(C)on1. The van der Waals surface area contributed by atoms with Gasteiger partial charge in [0.2, 0.25) is 10.0 Å². The van der Waals surface area contributed by atoms with Crippen LogP contribution in [0.25, 0.3) is 0 Å². The van der Waals surface area contributed by atoms with Gasteiger partial charge in [-0.25, -0.2) is 13.1 Å². The van der Waals surface area contributed by atoms with E-state index >= 15 is 0 Å². The van der Waals surface area contributed by atoms with Crippen LogP contribution in [0, 0.1) is 6.92 Å². The van der Waals surface area contributed by atoms with Gasteiger partial charge in [0.15, 0.2) is 0 Å². The predicted molar refractivity (Wildman–Crippen MR) is 67.7 cm³/mol. The van der Waals surface area contributed by atoms with Crippen LogP contribution in [-0.2, 0) is 25.3 Å². The third-order valence-corrected chi connectivity index (χ3v) is 3.52. The van der Waals surface area contributed by atoms with E-state index in [1.165, 1.54) is 0 Å². The van der Waals surface area contributed by atoms with Crippen molar-refractivity contribution in [1.29, 1.82) is 0 Å². The molecule has 0 aliphatic heterocycles. The molecule has 0 unspecified atom stereocenters. The van der Waals surface area contributed by atoms with Gasteiger partial charge >= 0.3 is 5.97 Å². The lowest BCUT2D eigenvalue weighted by Gasteiger charge is -2.05. The summed E-state index contributed by atoms with van der Waals surface area (Å²) in [5.41, 5.74) is 0.357. The van der Waals surface area contributed by atoms with Crippen LogP contribution in [0.4, 0.5) is 0 Å². The summed E-state index contributed by atoms with van der Waals surface area (Å²) in [5, 5.41) is 3.61. The van der Waals surface area contributed by atoms with Crippen LogP contribution < -0.4 is 4.72 Å². The number of aromatic nitrogens is 1. The molecule has 0 aliphatic rings. The van der Waals surface area contributed by atoms with Crippen LogP contribution in [0.5, 0.6) is 0 Å². The third kappa shape index (κ3) is 6.35. The Morgan fingerprint density at radius 3 is 2.84 bits per heavy atom. The maximum Gasteiger partial charge on any atom is 0.305 e. The van der Waals surface area contributed by atoms with Gasteiger partial charge < -0.3 is 9.26 Å². The number of carbonyl (C=O) groups is 1. The van der Waals surface area contributed by atoms with E-state index in [2.05, 4.69) is 9.88 Å². The zero-order valence-corrected chi connectivity index (χ0v) is 11.8. The first-order valence-corrected chi connectivity index (χ1v) is 7.63. The Bertz CT molecular complexity index is 509. The number of sulfonamides is 1. The fourth-order valence-corrected chi connectivity index (χ4v) is 2.51. The van der Waals surface area contributed by atoms with E-state index in [0.717, 1.165) is 0 Å². The summed E-state index contributed by atoms with van der Waals surface area (Å²) in [5.74, 6) is 0.00495. The first-order valence-electron chi connectivity index (χ1n) is 5.98. The van der Waals surface area contributed by atoms with Crippen molar-refractivity contribution < 1.29 is 22.5 Å². The molecule has 0 amide bonds. The molecule has 1 heterocycles. The molecule has 0 radical (unpaired) electrons. The fraction of sp³-hybridized carbons (Fsp3) is 0.636. The highest BCUT2D eigenvalue weighted by Crippen LogP contribution is 2.05. The Labute approximate surface area is 112 Å². The van der Waals surface area contributed by atoms with E-state index in [1.54, 1.807) is 19.9 Å². The van der Waals surface area contributed by atoms with Crippen molar-refractivity contribution in [2.45, 2.75) is 32.4 Å². The molecule has 0 spiro atoms. The predicted octanol–water partition coefficient (Wildman–Crippen LogP) is 0.746. The first-order chi connectivity index (χ1) is 8.93. The van der Waals surface area contributed by atoms with Gasteiger partial charge in [0, 0.05) is 19.0 Å². The molecule has 1 rings (SSSR count). The van der Waals surface area contributed by atoms with E-state index in [-0.39, 0.29) is 24.7 Å². The monoisotopic (exact) mass is 290 g/mol. The van der Waals surface area contributed by atoms with Gasteiger partial charge in [0.25, 0.3) is 0 Å². The number of hydrogen-bond acceptors (Lipinski definition) is 6. The molecule has 7 nitrogen and oxygen atoms in total. The molecule has 0 aromatic carbocycles. The number of carbonyl (C=O) groups excluding carboxylic acids is 1. The standard InChI is InChI=1S/C11H18N2O5S/c1-3-17-11(14)5-4-6-12-19(15,16)8-10-7-9(2)18-13-10/h7,12H,3-6,8H2,1-2H3. The highest BCUT2D eigenvalue weighted by Gasteiger charge is 2.14. The molecule has 1 N–H and O–H groups in total. The highest BCUT2D eigenvalue weighted by atomic mass is 32.2. The number of hydrogen-bond donors (Lipinski definition) is 1. The van der Waals surface area contributed by atoms with Gasteiger partial charge in [-0.15, -0.1) is 0 Å². The molecule has 1 aromatic rings. The summed E-state index contributed by atoms with van der Waals surface area (Å²) < 4.78 is 35.3. The maximum absolute atomic E-state index is 11.7. The van der Waals surface area contributed by atoms with Crippen molar-refractivity contribution in [1.82, 2.24) is 9.88 Å². The second-order valence-electron chi connectivity index (χ2n) is 3.99. The minimum absolute atomic E-state index is 0.192. The Morgan fingerprint density at radius 1 is 1.53 bits per heavy atom. The summed E-state index contributed by atoms with van der Waals surface area (Å²) in [4.78, 5) is 11.0. The molecule has 0 fully saturated rings. The molecule has 108 valence electrons. The van der Waals surface area contributed by atoms with E-state index in [9.17, 15) is 13.2 Å². The molecular formula is C11H18N2O5S. The van der Waals surface area contributed by atoms with Crippen LogP contribution in [-0.4, -0.2) is 32.7 Å². The van der Waals surface area contributed by atoms with Crippen LogP contribution >= 0.6 is 0 Å². The molecule has 0 bridgehead atoms. The lowest BCUT2D eigenvalue weighted by atomic mass is 10.3. The third-order valence-electron chi connectivity index (χ3n) is 2.20. The molecule has 1 aromatic heterocycles. The number of rotatable bonds is 8. The van der Waals surface area contributed by atoms with Crippen molar-refractivity contribution in [2.75, 3.05) is 13.2 Å². The first kappa shape index (κ1) is 15.6. The van der Waals surface area contributed by atoms with Crippen molar-refractivity contribution in [2.24, 2.45) is 0 Å². The maximum atomic E-state index is 11.7. The van der Waals surface area contributed by atoms with E-state index in [4.69, 9.17) is 9.26 Å². The van der Waals surface area contributed by atoms with E-state index < -0.39 is 10.0 Å². The minimum Gasteiger partial charge on any atom is -0.466 e. The topological polar surface area (TPSA) is 98.5 Å². The van der Waals surface area contributed by atoms with Crippen LogP contribution in [0.2, 0.25) is 0 Å². The summed E-state index contributed by atoms with van der Waals surface area (Å²) in [6, 6.07) is 1.57. The number of nitrogens with one attached hydrogen (secondary N) is 1. The van der Waals surface area contributed by atoms with E-state index in [0.29, 0.717) is 24.5 Å². The average Bonchev–Trinajstić information content (AvgIpc) is 2.70. The number of esters is 1. The normalized spacial score (nSPS) is 11.5. The molecular weight excluding hydrogens is 272 g/mol. The summed E-state index contributed by atoms with van der Waals surface area (Å²) in [6.45, 7) is 3.93. The second kappa shape index (κ2) is 7.25. The lowest BCUT2D eigenvalue weighted by Crippen LogP contribution is -2.26. The van der Waals surface area contributed by atoms with Crippen molar-refractivity contribution in [3.63, 3.8) is 0 Å². The zero-order chi connectivity index (χ0) is 14.3. The Kier molecular flexibility index (Phi) is 5.97. The molecule has 0 saturated heterocycles. The number of nitrogens with zero attached hydrogens (tertiary/aromatic N) is 1. The Hall–Kier alpha value is -1.41. The van der Waals surface area contributed by atoms with Gasteiger partial charge in [-0.2, -0.15) is 0 Å². The van der Waals surface area contributed by atoms with Gasteiger partial charge in [0.1, 0.15) is 17.2 Å². The quantitative estimate of drug-likeness (QED) is 0.560. The molecule has 0 aliphatic carbocycles. The molecule has 0 atom stereocenters. The molecule has 0 saturated carbocycles. The molecule has 19 heavy (non-hydrogen) atoms. The number of aryl methyl sites for hydroxylation is 1. The molecule has 8 heteroatoms. The largest absolute Gasteiger partial charge is 0.466 e. The Morgan fingerprint density at radius 2 is 2.26 bits per heavy atom. The summed E-state index contributed by atoms with van der Waals surface area (Å²) >= 11 is 0. The van der Waals surface area contributed by atoms with Crippen molar-refractivity contribution in [3.05, 3.63) is 17.5 Å². The smallest absolute Gasteiger partial charge is 0.305 e. The zero-order valence-electron chi connectivity index (χ0n) is 11.0. The van der Waals surface area contributed by atoms with Crippen LogP contribution in [0.15, 0.2) is 10.6 Å². The van der Waals surface area contributed by atoms with Gasteiger partial charge in [-0.3, -0.25) is 4.79 Å². The van der Waals surface area contributed by atoms with Gasteiger partial charge in [0.05, 0.1) is 6.61 Å². The Balaban J connectivity index is 2.29.